The first-order chi connectivity index (χ1) is 15.2. The van der Waals surface area contributed by atoms with E-state index in [0.29, 0.717) is 34.0 Å². The van der Waals surface area contributed by atoms with E-state index in [2.05, 4.69) is 14.8 Å². The number of sulfonamides is 1. The van der Waals surface area contributed by atoms with Crippen LogP contribution in [0.2, 0.25) is 0 Å². The Morgan fingerprint density at radius 3 is 2.47 bits per heavy atom. The minimum Gasteiger partial charge on any atom is -0.497 e. The molecule has 0 fully saturated rings. The summed E-state index contributed by atoms with van der Waals surface area (Å²) in [5, 5.41) is 4.42. The van der Waals surface area contributed by atoms with Crippen molar-refractivity contribution in [3.05, 3.63) is 65.6 Å². The summed E-state index contributed by atoms with van der Waals surface area (Å²) < 4.78 is 41.6. The lowest BCUT2D eigenvalue weighted by Crippen LogP contribution is -2.15. The highest BCUT2D eigenvalue weighted by Gasteiger charge is 2.21. The number of ether oxygens (including phenoxy) is 2. The SMILES string of the molecule is COc1ccc(OC)c(NS(=O)(=O)c2cc(-c3cnn4c(C)cc(C)nc34)ccc2C)c1. The molecule has 1 N–H and O–H groups in total. The largest absolute Gasteiger partial charge is 0.497 e. The summed E-state index contributed by atoms with van der Waals surface area (Å²) in [6.07, 6.45) is 1.70. The van der Waals surface area contributed by atoms with Crippen molar-refractivity contribution in [3.63, 3.8) is 0 Å². The van der Waals surface area contributed by atoms with Gasteiger partial charge in [-0.15, -0.1) is 0 Å². The highest BCUT2D eigenvalue weighted by Crippen LogP contribution is 2.33. The number of fused-ring (bicyclic) bond motifs is 1. The van der Waals surface area contributed by atoms with Crippen molar-refractivity contribution < 1.29 is 17.9 Å². The molecule has 0 radical (unpaired) electrons. The molecule has 9 heteroatoms. The number of hydrogen-bond acceptors (Lipinski definition) is 6. The van der Waals surface area contributed by atoms with Crippen molar-refractivity contribution in [2.24, 2.45) is 0 Å². The standard InChI is InChI=1S/C23H24N4O4S/c1-14-6-7-17(19-13-24-27-16(3)10-15(2)25-23(19)27)11-22(14)32(28,29)26-20-12-18(30-4)8-9-21(20)31-5/h6-13,26H,1-5H3. The van der Waals surface area contributed by atoms with Gasteiger partial charge in [-0.2, -0.15) is 5.10 Å². The number of benzene rings is 2. The Hall–Kier alpha value is -3.59. The van der Waals surface area contributed by atoms with E-state index in [1.165, 1.54) is 14.2 Å². The number of hydrogen-bond donors (Lipinski definition) is 1. The molecule has 4 aromatic rings. The maximum Gasteiger partial charge on any atom is 0.262 e. The summed E-state index contributed by atoms with van der Waals surface area (Å²) in [6.45, 7) is 5.62. The van der Waals surface area contributed by atoms with Crippen molar-refractivity contribution in [2.75, 3.05) is 18.9 Å². The number of aryl methyl sites for hydroxylation is 3. The van der Waals surface area contributed by atoms with Crippen molar-refractivity contribution in [1.82, 2.24) is 14.6 Å². The molecule has 0 unspecified atom stereocenters. The Kier molecular flexibility index (Phi) is 5.52. The summed E-state index contributed by atoms with van der Waals surface area (Å²) in [5.74, 6) is 0.901. The van der Waals surface area contributed by atoms with Gasteiger partial charge in [0.25, 0.3) is 10.0 Å². The molecule has 2 heterocycles. The average molecular weight is 453 g/mol. The van der Waals surface area contributed by atoms with Crippen LogP contribution >= 0.6 is 0 Å². The fourth-order valence-corrected chi connectivity index (χ4v) is 4.96. The molecule has 0 bridgehead atoms. The number of nitrogens with one attached hydrogen (secondary N) is 1. The Balaban J connectivity index is 1.80. The first-order valence-electron chi connectivity index (χ1n) is 9.91. The Bertz CT molecular complexity index is 1430. The van der Waals surface area contributed by atoms with Crippen LogP contribution in [-0.4, -0.2) is 37.2 Å². The molecule has 0 aliphatic rings. The van der Waals surface area contributed by atoms with E-state index in [9.17, 15) is 8.42 Å². The van der Waals surface area contributed by atoms with E-state index in [-0.39, 0.29) is 4.90 Å². The minimum atomic E-state index is -3.92. The van der Waals surface area contributed by atoms with Crippen LogP contribution in [0.4, 0.5) is 5.69 Å². The summed E-state index contributed by atoms with van der Waals surface area (Å²) in [4.78, 5) is 4.76. The van der Waals surface area contributed by atoms with Crippen LogP contribution in [0.15, 0.2) is 53.6 Å². The first-order valence-corrected chi connectivity index (χ1v) is 11.4. The molecule has 0 saturated carbocycles. The van der Waals surface area contributed by atoms with Crippen LogP contribution in [0, 0.1) is 20.8 Å². The molecule has 0 amide bonds. The fraction of sp³-hybridized carbons (Fsp3) is 0.217. The number of methoxy groups -OCH3 is 2. The Morgan fingerprint density at radius 2 is 1.75 bits per heavy atom. The topological polar surface area (TPSA) is 94.8 Å². The van der Waals surface area contributed by atoms with Gasteiger partial charge in [0.15, 0.2) is 5.65 Å². The molecular weight excluding hydrogens is 428 g/mol. The van der Waals surface area contributed by atoms with Crippen molar-refractivity contribution >= 4 is 21.4 Å². The first kappa shape index (κ1) is 21.6. The van der Waals surface area contributed by atoms with Crippen molar-refractivity contribution in [2.45, 2.75) is 25.7 Å². The highest BCUT2D eigenvalue weighted by molar-refractivity contribution is 7.92. The second kappa shape index (κ2) is 8.16. The molecule has 0 saturated heterocycles. The third-order valence-corrected chi connectivity index (χ3v) is 6.73. The fourth-order valence-electron chi connectivity index (χ4n) is 3.62. The van der Waals surface area contributed by atoms with Gasteiger partial charge in [0.2, 0.25) is 0 Å². The molecule has 32 heavy (non-hydrogen) atoms. The molecule has 0 aliphatic carbocycles. The summed E-state index contributed by atoms with van der Waals surface area (Å²) >= 11 is 0. The lowest BCUT2D eigenvalue weighted by molar-refractivity contribution is 0.405. The van der Waals surface area contributed by atoms with E-state index in [0.717, 1.165) is 17.0 Å². The minimum absolute atomic E-state index is 0.156. The van der Waals surface area contributed by atoms with Gasteiger partial charge in [-0.05, 0) is 56.2 Å². The van der Waals surface area contributed by atoms with Crippen LogP contribution in [0.1, 0.15) is 17.0 Å². The van der Waals surface area contributed by atoms with Gasteiger partial charge in [0.1, 0.15) is 11.5 Å². The monoisotopic (exact) mass is 452 g/mol. The highest BCUT2D eigenvalue weighted by atomic mass is 32.2. The molecule has 0 spiro atoms. The number of rotatable bonds is 6. The molecule has 0 aliphatic heterocycles. The maximum atomic E-state index is 13.3. The Morgan fingerprint density at radius 1 is 0.969 bits per heavy atom. The van der Waals surface area contributed by atoms with Gasteiger partial charge in [-0.3, -0.25) is 4.72 Å². The number of aromatic nitrogens is 3. The zero-order chi connectivity index (χ0) is 23.0. The molecule has 166 valence electrons. The summed E-state index contributed by atoms with van der Waals surface area (Å²) in [6, 6.07) is 12.2. The van der Waals surface area contributed by atoms with Gasteiger partial charge in [-0.25, -0.2) is 17.9 Å². The normalized spacial score (nSPS) is 11.5. The van der Waals surface area contributed by atoms with Gasteiger partial charge >= 0.3 is 0 Å². The summed E-state index contributed by atoms with van der Waals surface area (Å²) in [5.41, 5.74) is 4.86. The van der Waals surface area contributed by atoms with E-state index >= 15 is 0 Å². The van der Waals surface area contributed by atoms with Crippen LogP contribution in [0.5, 0.6) is 11.5 Å². The second-order valence-electron chi connectivity index (χ2n) is 7.48. The molecule has 0 atom stereocenters. The quantitative estimate of drug-likeness (QED) is 0.472. The smallest absolute Gasteiger partial charge is 0.262 e. The van der Waals surface area contributed by atoms with Crippen LogP contribution in [-0.2, 0) is 10.0 Å². The predicted molar refractivity (Wildman–Crippen MR) is 123 cm³/mol. The molecular formula is C23H24N4O4S. The number of nitrogens with zero attached hydrogens (tertiary/aromatic N) is 3. The van der Waals surface area contributed by atoms with E-state index < -0.39 is 10.0 Å². The lowest BCUT2D eigenvalue weighted by Gasteiger charge is -2.15. The van der Waals surface area contributed by atoms with Gasteiger partial charge in [0.05, 0.1) is 31.0 Å². The van der Waals surface area contributed by atoms with E-state index in [1.807, 2.05) is 26.0 Å². The second-order valence-corrected chi connectivity index (χ2v) is 9.14. The average Bonchev–Trinajstić information content (AvgIpc) is 3.17. The van der Waals surface area contributed by atoms with Crippen LogP contribution in [0.3, 0.4) is 0 Å². The lowest BCUT2D eigenvalue weighted by atomic mass is 10.1. The van der Waals surface area contributed by atoms with Crippen molar-refractivity contribution in [1.29, 1.82) is 0 Å². The molecule has 2 aromatic heterocycles. The zero-order valence-corrected chi connectivity index (χ0v) is 19.3. The third-order valence-electron chi connectivity index (χ3n) is 5.22. The van der Waals surface area contributed by atoms with Crippen molar-refractivity contribution in [3.8, 4) is 22.6 Å². The van der Waals surface area contributed by atoms with Crippen LogP contribution in [0.25, 0.3) is 16.8 Å². The molecule has 8 nitrogen and oxygen atoms in total. The van der Waals surface area contributed by atoms with E-state index in [1.54, 1.807) is 48.0 Å². The zero-order valence-electron chi connectivity index (χ0n) is 18.5. The number of anilines is 1. The van der Waals surface area contributed by atoms with E-state index in [4.69, 9.17) is 9.47 Å². The maximum absolute atomic E-state index is 13.3. The Labute approximate surface area is 186 Å². The third kappa shape index (κ3) is 3.87. The molecule has 2 aromatic carbocycles. The summed E-state index contributed by atoms with van der Waals surface area (Å²) in [7, 11) is -0.923. The van der Waals surface area contributed by atoms with Gasteiger partial charge in [0, 0.05) is 23.0 Å². The van der Waals surface area contributed by atoms with Gasteiger partial charge < -0.3 is 9.47 Å². The van der Waals surface area contributed by atoms with Crippen LogP contribution < -0.4 is 14.2 Å². The van der Waals surface area contributed by atoms with Gasteiger partial charge in [-0.1, -0.05) is 12.1 Å². The predicted octanol–water partition coefficient (Wildman–Crippen LogP) is 4.14. The molecule has 4 rings (SSSR count).